The van der Waals surface area contributed by atoms with Gasteiger partial charge in [-0.15, -0.1) is 0 Å². The van der Waals surface area contributed by atoms with E-state index in [-0.39, 0.29) is 12.0 Å². The molecule has 0 bridgehead atoms. The maximum Gasteiger partial charge on any atom is 0.253 e. The Kier molecular flexibility index (Phi) is 6.40. The molecule has 1 aliphatic rings. The van der Waals surface area contributed by atoms with Crippen LogP contribution in [0.5, 0.6) is 5.75 Å². The molecule has 1 aliphatic heterocycles. The number of likely N-dealkylation sites (tertiary alicyclic amines) is 1. The molecule has 0 N–H and O–H groups in total. The summed E-state index contributed by atoms with van der Waals surface area (Å²) in [4.78, 5) is 19.3. The van der Waals surface area contributed by atoms with Gasteiger partial charge in [-0.2, -0.15) is 0 Å². The lowest BCUT2D eigenvalue weighted by Crippen LogP contribution is -2.43. The van der Waals surface area contributed by atoms with E-state index in [9.17, 15) is 4.79 Å². The lowest BCUT2D eigenvalue weighted by atomic mass is 10.0. The van der Waals surface area contributed by atoms with Crippen LogP contribution in [0.15, 0.2) is 72.9 Å². The van der Waals surface area contributed by atoms with Crippen molar-refractivity contribution in [2.45, 2.75) is 25.6 Å². The molecule has 3 aromatic rings. The molecular formula is C25H26N2O3. The molecule has 1 fully saturated rings. The molecule has 30 heavy (non-hydrogen) atoms. The Morgan fingerprint density at radius 1 is 1.07 bits per heavy atom. The van der Waals surface area contributed by atoms with E-state index in [0.717, 1.165) is 42.0 Å². The maximum atomic E-state index is 13.1. The highest BCUT2D eigenvalue weighted by Gasteiger charge is 2.25. The predicted octanol–water partition coefficient (Wildman–Crippen LogP) is 4.58. The average Bonchev–Trinajstić information content (AvgIpc) is 2.83. The summed E-state index contributed by atoms with van der Waals surface area (Å²) in [7, 11) is 1.65. The van der Waals surface area contributed by atoms with Gasteiger partial charge in [-0.3, -0.25) is 9.78 Å². The molecule has 154 valence electrons. The van der Waals surface area contributed by atoms with E-state index in [1.54, 1.807) is 13.3 Å². The number of ether oxygens (including phenoxy) is 2. The third-order valence-corrected chi connectivity index (χ3v) is 5.39. The van der Waals surface area contributed by atoms with Gasteiger partial charge in [-0.05, 0) is 60.4 Å². The van der Waals surface area contributed by atoms with Gasteiger partial charge in [0, 0.05) is 24.8 Å². The standard InChI is InChI=1S/C25H26N2O3/c1-29-23-12-10-19(11-13-23)20-6-4-7-21(16-20)25(28)27-15-5-9-24(17-27)30-18-22-8-2-3-14-26-22/h2-4,6-8,10-14,16,24H,5,9,15,17-18H2,1H3. The first-order valence-corrected chi connectivity index (χ1v) is 10.3. The first-order valence-electron chi connectivity index (χ1n) is 10.3. The first-order chi connectivity index (χ1) is 14.7. The number of nitrogens with zero attached hydrogens (tertiary/aromatic N) is 2. The van der Waals surface area contributed by atoms with Gasteiger partial charge >= 0.3 is 0 Å². The fraction of sp³-hybridized carbons (Fsp3) is 0.280. The molecule has 4 rings (SSSR count). The molecular weight excluding hydrogens is 376 g/mol. The number of carbonyl (C=O) groups excluding carboxylic acids is 1. The zero-order chi connectivity index (χ0) is 20.8. The molecule has 1 unspecified atom stereocenters. The van der Waals surface area contributed by atoms with Gasteiger partial charge in [0.05, 0.1) is 25.5 Å². The number of piperidine rings is 1. The highest BCUT2D eigenvalue weighted by molar-refractivity contribution is 5.95. The van der Waals surface area contributed by atoms with Gasteiger partial charge in [-0.1, -0.05) is 30.3 Å². The monoisotopic (exact) mass is 402 g/mol. The van der Waals surface area contributed by atoms with Gasteiger partial charge in [-0.25, -0.2) is 0 Å². The fourth-order valence-electron chi connectivity index (χ4n) is 3.74. The number of amides is 1. The normalized spacial score (nSPS) is 16.3. The van der Waals surface area contributed by atoms with E-state index in [0.29, 0.717) is 18.7 Å². The van der Waals surface area contributed by atoms with E-state index in [2.05, 4.69) is 4.98 Å². The number of benzene rings is 2. The maximum absolute atomic E-state index is 13.1. The van der Waals surface area contributed by atoms with E-state index in [4.69, 9.17) is 9.47 Å². The van der Waals surface area contributed by atoms with Gasteiger partial charge in [0.2, 0.25) is 0 Å². The molecule has 0 saturated carbocycles. The van der Waals surface area contributed by atoms with Crippen LogP contribution in [0, 0.1) is 0 Å². The zero-order valence-electron chi connectivity index (χ0n) is 17.2. The van der Waals surface area contributed by atoms with Gasteiger partial charge in [0.1, 0.15) is 5.75 Å². The Bertz CT molecular complexity index is 973. The molecule has 5 heteroatoms. The smallest absolute Gasteiger partial charge is 0.253 e. The molecule has 0 spiro atoms. The van der Waals surface area contributed by atoms with Crippen molar-refractivity contribution in [3.8, 4) is 16.9 Å². The summed E-state index contributed by atoms with van der Waals surface area (Å²) in [5.74, 6) is 0.868. The van der Waals surface area contributed by atoms with E-state index < -0.39 is 0 Å². The number of aromatic nitrogens is 1. The summed E-state index contributed by atoms with van der Waals surface area (Å²) in [6.45, 7) is 1.84. The molecule has 1 aromatic heterocycles. The average molecular weight is 402 g/mol. The van der Waals surface area contributed by atoms with Crippen molar-refractivity contribution in [2.75, 3.05) is 20.2 Å². The number of rotatable bonds is 6. The predicted molar refractivity (Wildman–Crippen MR) is 116 cm³/mol. The highest BCUT2D eigenvalue weighted by Crippen LogP contribution is 2.24. The summed E-state index contributed by atoms with van der Waals surface area (Å²) in [5.41, 5.74) is 3.69. The Labute approximate surface area is 177 Å². The minimum absolute atomic E-state index is 0.0366. The summed E-state index contributed by atoms with van der Waals surface area (Å²) >= 11 is 0. The molecule has 1 saturated heterocycles. The van der Waals surface area contributed by atoms with Gasteiger partial charge in [0.15, 0.2) is 0 Å². The molecule has 0 radical (unpaired) electrons. The molecule has 5 nitrogen and oxygen atoms in total. The molecule has 2 heterocycles. The van der Waals surface area contributed by atoms with Crippen molar-refractivity contribution in [1.82, 2.24) is 9.88 Å². The van der Waals surface area contributed by atoms with Gasteiger partial charge < -0.3 is 14.4 Å². The summed E-state index contributed by atoms with van der Waals surface area (Å²) < 4.78 is 11.3. The number of hydrogen-bond acceptors (Lipinski definition) is 4. The van der Waals surface area contributed by atoms with Crippen molar-refractivity contribution in [3.05, 3.63) is 84.2 Å². The minimum Gasteiger partial charge on any atom is -0.497 e. The van der Waals surface area contributed by atoms with Crippen molar-refractivity contribution in [2.24, 2.45) is 0 Å². The van der Waals surface area contributed by atoms with Gasteiger partial charge in [0.25, 0.3) is 5.91 Å². The SMILES string of the molecule is COc1ccc(-c2cccc(C(=O)N3CCCC(OCc4ccccn4)C3)c2)cc1. The van der Waals surface area contributed by atoms with Crippen molar-refractivity contribution < 1.29 is 14.3 Å². The van der Waals surface area contributed by atoms with Crippen LogP contribution in [0.25, 0.3) is 11.1 Å². The third-order valence-electron chi connectivity index (χ3n) is 5.39. The number of methoxy groups -OCH3 is 1. The van der Waals surface area contributed by atoms with Crippen LogP contribution >= 0.6 is 0 Å². The minimum atomic E-state index is 0.0366. The van der Waals surface area contributed by atoms with Crippen LogP contribution in [-0.2, 0) is 11.3 Å². The summed E-state index contributed by atoms with van der Waals surface area (Å²) in [6, 6.07) is 21.5. The van der Waals surface area contributed by atoms with E-state index in [1.807, 2.05) is 71.6 Å². The fourth-order valence-corrected chi connectivity index (χ4v) is 3.74. The van der Waals surface area contributed by atoms with Crippen molar-refractivity contribution >= 4 is 5.91 Å². The van der Waals surface area contributed by atoms with Crippen LogP contribution in [0.3, 0.4) is 0 Å². The summed E-state index contributed by atoms with van der Waals surface area (Å²) in [6.07, 6.45) is 3.71. The second-order valence-electron chi connectivity index (χ2n) is 7.46. The van der Waals surface area contributed by atoms with E-state index >= 15 is 0 Å². The number of hydrogen-bond donors (Lipinski definition) is 0. The largest absolute Gasteiger partial charge is 0.497 e. The van der Waals surface area contributed by atoms with Crippen LogP contribution in [0.2, 0.25) is 0 Å². The third kappa shape index (κ3) is 4.86. The van der Waals surface area contributed by atoms with Crippen molar-refractivity contribution in [3.63, 3.8) is 0 Å². The van der Waals surface area contributed by atoms with Crippen LogP contribution < -0.4 is 4.74 Å². The zero-order valence-corrected chi connectivity index (χ0v) is 17.2. The molecule has 1 amide bonds. The number of pyridine rings is 1. The Morgan fingerprint density at radius 2 is 1.93 bits per heavy atom. The Morgan fingerprint density at radius 3 is 2.70 bits per heavy atom. The van der Waals surface area contributed by atoms with Crippen LogP contribution in [0.4, 0.5) is 0 Å². The quantitative estimate of drug-likeness (QED) is 0.606. The van der Waals surface area contributed by atoms with Crippen LogP contribution in [0.1, 0.15) is 28.9 Å². The molecule has 0 aliphatic carbocycles. The van der Waals surface area contributed by atoms with E-state index in [1.165, 1.54) is 0 Å². The lowest BCUT2D eigenvalue weighted by molar-refractivity contribution is -0.00785. The van der Waals surface area contributed by atoms with Crippen molar-refractivity contribution in [1.29, 1.82) is 0 Å². The second kappa shape index (κ2) is 9.55. The lowest BCUT2D eigenvalue weighted by Gasteiger charge is -2.32. The highest BCUT2D eigenvalue weighted by atomic mass is 16.5. The second-order valence-corrected chi connectivity index (χ2v) is 7.46. The Hall–Kier alpha value is -3.18. The molecule has 2 aromatic carbocycles. The Balaban J connectivity index is 1.42. The number of carbonyl (C=O) groups is 1. The first kappa shape index (κ1) is 20.1. The van der Waals surface area contributed by atoms with Crippen LogP contribution in [-0.4, -0.2) is 42.1 Å². The topological polar surface area (TPSA) is 51.7 Å². The summed E-state index contributed by atoms with van der Waals surface area (Å²) in [5, 5.41) is 0. The molecule has 1 atom stereocenters.